The topological polar surface area (TPSA) is 73.9 Å². The molecule has 6 nitrogen and oxygen atoms in total. The summed E-state index contributed by atoms with van der Waals surface area (Å²) in [5, 5.41) is 3.03. The van der Waals surface area contributed by atoms with Gasteiger partial charge in [-0.15, -0.1) is 0 Å². The van der Waals surface area contributed by atoms with E-state index in [1.807, 2.05) is 18.2 Å². The van der Waals surface area contributed by atoms with Crippen molar-refractivity contribution in [2.75, 3.05) is 26.1 Å². The third-order valence-electron chi connectivity index (χ3n) is 4.80. The molecule has 0 aromatic heterocycles. The number of para-hydroxylation sites is 1. The van der Waals surface area contributed by atoms with Crippen molar-refractivity contribution in [1.29, 1.82) is 0 Å². The Bertz CT molecular complexity index is 921. The molecule has 0 atom stereocenters. The van der Waals surface area contributed by atoms with Crippen molar-refractivity contribution in [3.05, 3.63) is 59.2 Å². The van der Waals surface area contributed by atoms with Gasteiger partial charge in [0.1, 0.15) is 0 Å². The van der Waals surface area contributed by atoms with Gasteiger partial charge >= 0.3 is 5.97 Å². The molecule has 0 fully saturated rings. The third-order valence-corrected chi connectivity index (χ3v) is 4.80. The molecule has 166 valence electrons. The molecular formula is C25H31NO5. The summed E-state index contributed by atoms with van der Waals surface area (Å²) in [6, 6.07) is 11.3. The van der Waals surface area contributed by atoms with E-state index in [1.54, 1.807) is 24.3 Å². The van der Waals surface area contributed by atoms with E-state index in [1.165, 1.54) is 20.3 Å². The number of nitrogens with one attached hydrogen (secondary N) is 1. The summed E-state index contributed by atoms with van der Waals surface area (Å²) in [4.78, 5) is 23.9. The van der Waals surface area contributed by atoms with Crippen molar-refractivity contribution >= 4 is 23.6 Å². The van der Waals surface area contributed by atoms with Crippen LogP contribution in [0.5, 0.6) is 11.5 Å². The van der Waals surface area contributed by atoms with Crippen LogP contribution in [-0.2, 0) is 14.3 Å². The Balaban J connectivity index is 2.13. The molecule has 0 unspecified atom stereocenters. The van der Waals surface area contributed by atoms with Gasteiger partial charge in [0.05, 0.1) is 14.2 Å². The Morgan fingerprint density at radius 2 is 1.61 bits per heavy atom. The minimum absolute atomic E-state index is 0.155. The number of amides is 1. The summed E-state index contributed by atoms with van der Waals surface area (Å²) in [5.74, 6) is 0.769. The third kappa shape index (κ3) is 6.60. The molecule has 0 radical (unpaired) electrons. The molecular weight excluding hydrogens is 394 g/mol. The molecule has 0 spiro atoms. The van der Waals surface area contributed by atoms with Crippen LogP contribution in [0.4, 0.5) is 5.69 Å². The van der Waals surface area contributed by atoms with Gasteiger partial charge in [-0.1, -0.05) is 52.0 Å². The summed E-state index contributed by atoms with van der Waals surface area (Å²) >= 11 is 0. The van der Waals surface area contributed by atoms with Crippen molar-refractivity contribution in [1.82, 2.24) is 0 Å². The van der Waals surface area contributed by atoms with Gasteiger partial charge in [0, 0.05) is 11.8 Å². The zero-order chi connectivity index (χ0) is 23.0. The average Bonchev–Trinajstić information content (AvgIpc) is 2.75. The second-order valence-corrected chi connectivity index (χ2v) is 7.72. The van der Waals surface area contributed by atoms with E-state index >= 15 is 0 Å². The summed E-state index contributed by atoms with van der Waals surface area (Å²) in [5.41, 5.74) is 3.79. The van der Waals surface area contributed by atoms with Crippen LogP contribution in [-0.4, -0.2) is 32.7 Å². The van der Waals surface area contributed by atoms with Crippen molar-refractivity contribution in [3.63, 3.8) is 0 Å². The van der Waals surface area contributed by atoms with E-state index in [0.717, 1.165) is 22.4 Å². The quantitative estimate of drug-likeness (QED) is 0.444. The lowest BCUT2D eigenvalue weighted by Crippen LogP contribution is -2.22. The van der Waals surface area contributed by atoms with Crippen molar-refractivity contribution in [2.24, 2.45) is 0 Å². The zero-order valence-electron chi connectivity index (χ0n) is 19.0. The molecule has 0 bridgehead atoms. The first-order chi connectivity index (χ1) is 14.8. The highest BCUT2D eigenvalue weighted by molar-refractivity contribution is 5.94. The maximum Gasteiger partial charge on any atom is 0.330 e. The summed E-state index contributed by atoms with van der Waals surface area (Å²) in [6.45, 7) is 8.26. The van der Waals surface area contributed by atoms with E-state index in [2.05, 4.69) is 37.7 Å². The number of ether oxygens (including phenoxy) is 3. The number of carbonyl (C=O) groups excluding carboxylic acids is 2. The highest BCUT2D eigenvalue weighted by Crippen LogP contribution is 2.33. The Hall–Kier alpha value is -3.28. The SMILES string of the molecule is COC(=O)/C=C/c1ccc(OCC(=O)Nc2c(C(C)C)cccc2C(C)C)c(OC)c1. The Kier molecular flexibility index (Phi) is 8.67. The van der Waals surface area contributed by atoms with Gasteiger partial charge in [-0.2, -0.15) is 0 Å². The van der Waals surface area contributed by atoms with Gasteiger partial charge in [0.15, 0.2) is 18.1 Å². The molecule has 0 saturated heterocycles. The monoisotopic (exact) mass is 425 g/mol. The first-order valence-electron chi connectivity index (χ1n) is 10.3. The smallest absolute Gasteiger partial charge is 0.330 e. The fourth-order valence-electron chi connectivity index (χ4n) is 3.15. The molecule has 0 saturated carbocycles. The number of anilines is 1. The van der Waals surface area contributed by atoms with Gasteiger partial charge < -0.3 is 19.5 Å². The maximum atomic E-state index is 12.7. The summed E-state index contributed by atoms with van der Waals surface area (Å²) in [7, 11) is 2.84. The Morgan fingerprint density at radius 3 is 2.16 bits per heavy atom. The molecule has 2 rings (SSSR count). The Morgan fingerprint density at radius 1 is 0.968 bits per heavy atom. The first kappa shape index (κ1) is 24.0. The summed E-state index contributed by atoms with van der Waals surface area (Å²) < 4.78 is 15.7. The van der Waals surface area contributed by atoms with Gasteiger partial charge in [-0.05, 0) is 46.7 Å². The number of rotatable bonds is 9. The fourth-order valence-corrected chi connectivity index (χ4v) is 3.15. The van der Waals surface area contributed by atoms with Gasteiger partial charge in [0.25, 0.3) is 5.91 Å². The lowest BCUT2D eigenvalue weighted by atomic mass is 9.92. The van der Waals surface area contributed by atoms with Crippen LogP contribution in [0.15, 0.2) is 42.5 Å². The highest BCUT2D eigenvalue weighted by atomic mass is 16.5. The Labute approximate surface area is 184 Å². The molecule has 0 aliphatic heterocycles. The molecule has 31 heavy (non-hydrogen) atoms. The van der Waals surface area contributed by atoms with E-state index in [0.29, 0.717) is 11.5 Å². The second kappa shape index (κ2) is 11.2. The fraction of sp³-hybridized carbons (Fsp3) is 0.360. The van der Waals surface area contributed by atoms with E-state index in [-0.39, 0.29) is 24.3 Å². The van der Waals surface area contributed by atoms with E-state index in [4.69, 9.17) is 9.47 Å². The van der Waals surface area contributed by atoms with Crippen LogP contribution in [0.2, 0.25) is 0 Å². The predicted molar refractivity (Wildman–Crippen MR) is 123 cm³/mol. The lowest BCUT2D eigenvalue weighted by molar-refractivity contribution is -0.134. The largest absolute Gasteiger partial charge is 0.493 e. The predicted octanol–water partition coefficient (Wildman–Crippen LogP) is 5.15. The number of benzene rings is 2. The number of hydrogen-bond acceptors (Lipinski definition) is 5. The lowest BCUT2D eigenvalue weighted by Gasteiger charge is -2.20. The van der Waals surface area contributed by atoms with E-state index < -0.39 is 5.97 Å². The molecule has 2 aromatic carbocycles. The molecule has 0 aliphatic carbocycles. The molecule has 6 heteroatoms. The van der Waals surface area contributed by atoms with Crippen LogP contribution in [0.3, 0.4) is 0 Å². The highest BCUT2D eigenvalue weighted by Gasteiger charge is 2.16. The van der Waals surface area contributed by atoms with Crippen LogP contribution in [0, 0.1) is 0 Å². The molecule has 2 aromatic rings. The van der Waals surface area contributed by atoms with Crippen LogP contribution < -0.4 is 14.8 Å². The van der Waals surface area contributed by atoms with Crippen molar-refractivity contribution in [3.8, 4) is 11.5 Å². The zero-order valence-corrected chi connectivity index (χ0v) is 19.0. The maximum absolute atomic E-state index is 12.7. The van der Waals surface area contributed by atoms with Gasteiger partial charge in [-0.25, -0.2) is 4.79 Å². The minimum atomic E-state index is -0.446. The minimum Gasteiger partial charge on any atom is -0.493 e. The van der Waals surface area contributed by atoms with E-state index in [9.17, 15) is 9.59 Å². The standard InChI is InChI=1S/C25H31NO5/c1-16(2)19-8-7-9-20(17(3)4)25(19)26-23(27)15-31-21-12-10-18(14-22(21)29-5)11-13-24(28)30-6/h7-14,16-17H,15H2,1-6H3,(H,26,27)/b13-11+. The second-order valence-electron chi connectivity index (χ2n) is 7.72. The molecule has 1 N–H and O–H groups in total. The number of esters is 1. The van der Waals surface area contributed by atoms with Crippen LogP contribution >= 0.6 is 0 Å². The number of methoxy groups -OCH3 is 2. The summed E-state index contributed by atoms with van der Waals surface area (Å²) in [6.07, 6.45) is 2.93. The van der Waals surface area contributed by atoms with Crippen molar-refractivity contribution in [2.45, 2.75) is 39.5 Å². The van der Waals surface area contributed by atoms with Crippen LogP contribution in [0.25, 0.3) is 6.08 Å². The molecule has 0 aliphatic rings. The van der Waals surface area contributed by atoms with Gasteiger partial charge in [-0.3, -0.25) is 4.79 Å². The first-order valence-corrected chi connectivity index (χ1v) is 10.3. The van der Waals surface area contributed by atoms with Gasteiger partial charge in [0.2, 0.25) is 0 Å². The number of carbonyl (C=O) groups is 2. The number of hydrogen-bond donors (Lipinski definition) is 1. The molecule has 1 amide bonds. The van der Waals surface area contributed by atoms with Crippen LogP contribution in [0.1, 0.15) is 56.2 Å². The molecule has 0 heterocycles. The average molecular weight is 426 g/mol. The normalized spacial score (nSPS) is 11.1. The van der Waals surface area contributed by atoms with Crippen molar-refractivity contribution < 1.29 is 23.8 Å².